The number of rotatable bonds is 6. The van der Waals surface area contributed by atoms with E-state index in [1.807, 2.05) is 43.3 Å². The Labute approximate surface area is 220 Å². The maximum atomic E-state index is 13.1. The highest BCUT2D eigenvalue weighted by atomic mass is 79.9. The van der Waals surface area contributed by atoms with Gasteiger partial charge >= 0.3 is 6.03 Å². The number of amides is 4. The molecule has 1 saturated heterocycles. The van der Waals surface area contributed by atoms with E-state index in [4.69, 9.17) is 27.9 Å². The summed E-state index contributed by atoms with van der Waals surface area (Å²) < 4.78 is 6.74. The van der Waals surface area contributed by atoms with Gasteiger partial charge in [-0.25, -0.2) is 9.69 Å². The molecule has 1 fully saturated rings. The quantitative estimate of drug-likeness (QED) is 0.267. The fraction of sp³-hybridized carbons (Fsp3) is 0.115. The van der Waals surface area contributed by atoms with Crippen molar-refractivity contribution in [1.29, 1.82) is 0 Å². The Kier molecular flexibility index (Phi) is 7.60. The highest BCUT2D eigenvalue weighted by Gasteiger charge is 2.36. The molecular weight excluding hydrogens is 555 g/mol. The van der Waals surface area contributed by atoms with Gasteiger partial charge in [0.15, 0.2) is 5.75 Å². The second kappa shape index (κ2) is 10.6. The summed E-state index contributed by atoms with van der Waals surface area (Å²) in [5, 5.41) is 2.64. The Bertz CT molecular complexity index is 1320. The Morgan fingerprint density at radius 1 is 0.943 bits per heavy atom. The molecule has 0 aromatic heterocycles. The van der Waals surface area contributed by atoms with Gasteiger partial charge in [-0.2, -0.15) is 0 Å². The van der Waals surface area contributed by atoms with E-state index >= 15 is 0 Å². The number of aryl methyl sites for hydroxylation is 1. The van der Waals surface area contributed by atoms with Crippen LogP contribution in [0.5, 0.6) is 5.75 Å². The lowest BCUT2D eigenvalue weighted by Gasteiger charge is -2.26. The minimum absolute atomic E-state index is 0.216. The molecule has 6 nitrogen and oxygen atoms in total. The number of imide groups is 2. The third kappa shape index (κ3) is 5.59. The van der Waals surface area contributed by atoms with Gasteiger partial charge in [-0.3, -0.25) is 14.9 Å². The van der Waals surface area contributed by atoms with E-state index in [2.05, 4.69) is 21.2 Å². The Hall–Kier alpha value is -3.13. The first kappa shape index (κ1) is 25.0. The van der Waals surface area contributed by atoms with Crippen LogP contribution in [0.2, 0.25) is 10.0 Å². The van der Waals surface area contributed by atoms with E-state index in [-0.39, 0.29) is 28.0 Å². The number of nitrogens with one attached hydrogen (secondary N) is 1. The summed E-state index contributed by atoms with van der Waals surface area (Å²) in [5.74, 6) is -1.26. The molecule has 1 aliphatic heterocycles. The van der Waals surface area contributed by atoms with Gasteiger partial charge in [0.1, 0.15) is 12.2 Å². The van der Waals surface area contributed by atoms with Crippen LogP contribution < -0.4 is 15.0 Å². The minimum atomic E-state index is -0.811. The first-order valence-electron chi connectivity index (χ1n) is 10.6. The summed E-state index contributed by atoms with van der Waals surface area (Å²) in [7, 11) is 0. The molecule has 35 heavy (non-hydrogen) atoms. The molecule has 1 N–H and O–H groups in total. The average molecular weight is 574 g/mol. The van der Waals surface area contributed by atoms with Crippen molar-refractivity contribution in [2.75, 3.05) is 4.90 Å². The van der Waals surface area contributed by atoms with E-state index in [9.17, 15) is 14.4 Å². The predicted octanol–water partition coefficient (Wildman–Crippen LogP) is 6.56. The maximum absolute atomic E-state index is 13.1. The van der Waals surface area contributed by atoms with Gasteiger partial charge < -0.3 is 4.74 Å². The third-order valence-electron chi connectivity index (χ3n) is 5.33. The summed E-state index contributed by atoms with van der Waals surface area (Å²) in [6.45, 7) is 2.25. The van der Waals surface area contributed by atoms with E-state index in [1.165, 1.54) is 18.2 Å². The fourth-order valence-electron chi connectivity index (χ4n) is 3.48. The summed E-state index contributed by atoms with van der Waals surface area (Å²) >= 11 is 16.2. The molecule has 0 saturated carbocycles. The molecule has 1 aliphatic rings. The number of anilines is 1. The van der Waals surface area contributed by atoms with Gasteiger partial charge in [-0.1, -0.05) is 70.3 Å². The Morgan fingerprint density at radius 2 is 1.54 bits per heavy atom. The highest BCUT2D eigenvalue weighted by molar-refractivity contribution is 9.10. The van der Waals surface area contributed by atoms with Crippen LogP contribution in [0.4, 0.5) is 10.5 Å². The second-order valence-corrected chi connectivity index (χ2v) is 9.44. The van der Waals surface area contributed by atoms with Crippen LogP contribution in [-0.4, -0.2) is 17.8 Å². The van der Waals surface area contributed by atoms with Crippen molar-refractivity contribution in [3.05, 3.63) is 97.4 Å². The first-order chi connectivity index (χ1) is 16.8. The zero-order valence-electron chi connectivity index (χ0n) is 18.5. The van der Waals surface area contributed by atoms with Gasteiger partial charge in [-0.05, 0) is 65.6 Å². The van der Waals surface area contributed by atoms with Crippen molar-refractivity contribution in [1.82, 2.24) is 5.32 Å². The monoisotopic (exact) mass is 572 g/mol. The number of benzene rings is 3. The molecule has 3 aromatic rings. The first-order valence-corrected chi connectivity index (χ1v) is 12.2. The summed E-state index contributed by atoms with van der Waals surface area (Å²) in [6.07, 6.45) is 2.15. The van der Waals surface area contributed by atoms with Crippen LogP contribution in [0.3, 0.4) is 0 Å². The standard InChI is InChI=1S/C26H19BrCl2N2O4/c1-2-15-5-9-19(10-6-15)31-25(33)20(24(32)30-26(31)34)11-17-12-21(28)23(22(29)13-17)35-14-16-3-7-18(27)8-4-16/h3-13H,2,14H2,1H3,(H,30,32,34)/b20-11-. The number of carbonyl (C=O) groups excluding carboxylic acids is 3. The average Bonchev–Trinajstić information content (AvgIpc) is 2.82. The molecular formula is C26H19BrCl2N2O4. The lowest BCUT2D eigenvalue weighted by molar-refractivity contribution is -0.122. The number of ether oxygens (including phenoxy) is 1. The van der Waals surface area contributed by atoms with Gasteiger partial charge in [0, 0.05) is 4.47 Å². The largest absolute Gasteiger partial charge is 0.486 e. The van der Waals surface area contributed by atoms with Crippen molar-refractivity contribution in [2.24, 2.45) is 0 Å². The van der Waals surface area contributed by atoms with Crippen molar-refractivity contribution < 1.29 is 19.1 Å². The lowest BCUT2D eigenvalue weighted by atomic mass is 10.1. The molecule has 4 amide bonds. The molecule has 0 unspecified atom stereocenters. The maximum Gasteiger partial charge on any atom is 0.335 e. The van der Waals surface area contributed by atoms with Gasteiger partial charge in [0.2, 0.25) is 0 Å². The van der Waals surface area contributed by atoms with E-state index in [0.717, 1.165) is 26.9 Å². The Balaban J connectivity index is 1.59. The summed E-state index contributed by atoms with van der Waals surface area (Å²) in [5.41, 5.74) is 2.52. The Morgan fingerprint density at radius 3 is 2.14 bits per heavy atom. The number of nitrogens with zero attached hydrogens (tertiary/aromatic N) is 1. The molecule has 3 aromatic carbocycles. The van der Waals surface area contributed by atoms with Crippen LogP contribution in [-0.2, 0) is 22.6 Å². The summed E-state index contributed by atoms with van der Waals surface area (Å²) in [6, 6.07) is 16.8. The fourth-order valence-corrected chi connectivity index (χ4v) is 4.35. The number of hydrogen-bond donors (Lipinski definition) is 1. The summed E-state index contributed by atoms with van der Waals surface area (Å²) in [4.78, 5) is 38.9. The second-order valence-electron chi connectivity index (χ2n) is 7.71. The number of carbonyl (C=O) groups is 3. The molecule has 0 atom stereocenters. The molecule has 1 heterocycles. The molecule has 0 radical (unpaired) electrons. The van der Waals surface area contributed by atoms with Crippen LogP contribution in [0.1, 0.15) is 23.6 Å². The molecule has 4 rings (SSSR count). The van der Waals surface area contributed by atoms with Crippen LogP contribution >= 0.6 is 39.1 Å². The SMILES string of the molecule is CCc1ccc(N2C(=O)NC(=O)/C(=C/c3cc(Cl)c(OCc4ccc(Br)cc4)c(Cl)c3)C2=O)cc1. The van der Waals surface area contributed by atoms with Gasteiger partial charge in [-0.15, -0.1) is 0 Å². The lowest BCUT2D eigenvalue weighted by Crippen LogP contribution is -2.54. The highest BCUT2D eigenvalue weighted by Crippen LogP contribution is 2.36. The zero-order valence-corrected chi connectivity index (χ0v) is 21.6. The number of hydrogen-bond acceptors (Lipinski definition) is 4. The van der Waals surface area contributed by atoms with Crippen molar-refractivity contribution >= 4 is 68.7 Å². The van der Waals surface area contributed by atoms with E-state index in [0.29, 0.717) is 11.3 Å². The minimum Gasteiger partial charge on any atom is -0.486 e. The third-order valence-corrected chi connectivity index (χ3v) is 6.42. The van der Waals surface area contributed by atoms with Crippen molar-refractivity contribution in [3.8, 4) is 5.75 Å². The molecule has 0 aliphatic carbocycles. The number of barbiturate groups is 1. The van der Waals surface area contributed by atoms with Crippen molar-refractivity contribution in [3.63, 3.8) is 0 Å². The van der Waals surface area contributed by atoms with Gasteiger partial charge in [0.25, 0.3) is 11.8 Å². The van der Waals surface area contributed by atoms with Crippen LogP contribution in [0.25, 0.3) is 6.08 Å². The van der Waals surface area contributed by atoms with E-state index < -0.39 is 17.8 Å². The number of halogens is 3. The van der Waals surface area contributed by atoms with E-state index in [1.54, 1.807) is 12.1 Å². The zero-order chi connectivity index (χ0) is 25.1. The topological polar surface area (TPSA) is 75.7 Å². The predicted molar refractivity (Wildman–Crippen MR) is 140 cm³/mol. The molecule has 0 bridgehead atoms. The number of urea groups is 1. The molecule has 9 heteroatoms. The van der Waals surface area contributed by atoms with Crippen LogP contribution in [0.15, 0.2) is 70.7 Å². The molecule has 0 spiro atoms. The van der Waals surface area contributed by atoms with Gasteiger partial charge in [0.05, 0.1) is 15.7 Å². The normalized spacial score (nSPS) is 14.9. The van der Waals surface area contributed by atoms with Crippen LogP contribution in [0, 0.1) is 0 Å². The smallest absolute Gasteiger partial charge is 0.335 e. The van der Waals surface area contributed by atoms with Crippen molar-refractivity contribution in [2.45, 2.75) is 20.0 Å². The molecule has 178 valence electrons.